The molecular weight excluding hydrogens is 633 g/mol. The van der Waals surface area contributed by atoms with Gasteiger partial charge in [0, 0.05) is 37.6 Å². The summed E-state index contributed by atoms with van der Waals surface area (Å²) in [5, 5.41) is 15.5. The van der Waals surface area contributed by atoms with Gasteiger partial charge in [-0.05, 0) is 55.0 Å². The average Bonchev–Trinajstić information content (AvgIpc) is 3.05. The number of allylic oxidation sites excluding steroid dienone is 1. The average molecular weight is 661 g/mol. The van der Waals surface area contributed by atoms with Gasteiger partial charge in [-0.1, -0.05) is 42.5 Å². The Morgan fingerprint density at radius 3 is 1.54 bits per heavy atom. The molecule has 2 amide bonds. The van der Waals surface area contributed by atoms with E-state index in [9.17, 15) is 31.5 Å². The molecule has 0 atom stereocenters. The number of aliphatic hydroxyl groups is 1. The van der Waals surface area contributed by atoms with Gasteiger partial charge in [0.05, 0.1) is 9.79 Å². The normalized spacial score (nSPS) is 16.0. The SMILES string of the molecule is CC1=C(C(=O)Nc2ccccn2)N(C)S(=O)(=O)c2ccccc21.CN1C(C(=O)Nc2ccccn2)=C(O)c2ccccc2S1(=O)=O. The second kappa shape index (κ2) is 12.5. The Morgan fingerprint density at radius 1 is 0.630 bits per heavy atom. The fourth-order valence-corrected chi connectivity index (χ4v) is 7.76. The molecule has 13 nitrogen and oxygen atoms in total. The van der Waals surface area contributed by atoms with Crippen LogP contribution in [0.15, 0.2) is 119 Å². The number of pyridine rings is 2. The number of nitrogens with zero attached hydrogens (tertiary/aromatic N) is 4. The summed E-state index contributed by atoms with van der Waals surface area (Å²) in [6, 6.07) is 22.6. The monoisotopic (exact) mass is 660 g/mol. The topological polar surface area (TPSA) is 179 Å². The van der Waals surface area contributed by atoms with Gasteiger partial charge >= 0.3 is 0 Å². The second-order valence-corrected chi connectivity index (χ2v) is 13.8. The van der Waals surface area contributed by atoms with Crippen molar-refractivity contribution in [1.29, 1.82) is 0 Å². The summed E-state index contributed by atoms with van der Waals surface area (Å²) in [6.45, 7) is 1.73. The van der Waals surface area contributed by atoms with Crippen molar-refractivity contribution >= 4 is 54.8 Å². The minimum Gasteiger partial charge on any atom is -0.505 e. The number of likely N-dealkylation sites (N-methyl/N-ethyl adjacent to an activating group) is 2. The highest BCUT2D eigenvalue weighted by Gasteiger charge is 2.38. The zero-order valence-electron chi connectivity index (χ0n) is 24.7. The van der Waals surface area contributed by atoms with Crippen LogP contribution in [-0.2, 0) is 29.6 Å². The van der Waals surface area contributed by atoms with E-state index in [1.807, 2.05) is 0 Å². The molecule has 15 heteroatoms. The second-order valence-electron chi connectivity index (χ2n) is 9.95. The van der Waals surface area contributed by atoms with E-state index < -0.39 is 37.6 Å². The van der Waals surface area contributed by atoms with E-state index in [2.05, 4.69) is 20.6 Å². The van der Waals surface area contributed by atoms with Crippen molar-refractivity contribution in [2.75, 3.05) is 24.7 Å². The molecule has 0 saturated heterocycles. The van der Waals surface area contributed by atoms with Crippen LogP contribution in [0.2, 0.25) is 0 Å². The van der Waals surface area contributed by atoms with Crippen molar-refractivity contribution < 1.29 is 31.5 Å². The fourth-order valence-electron chi connectivity index (χ4n) is 4.85. The van der Waals surface area contributed by atoms with Gasteiger partial charge in [0.15, 0.2) is 11.5 Å². The lowest BCUT2D eigenvalue weighted by molar-refractivity contribution is -0.114. The molecule has 236 valence electrons. The zero-order valence-corrected chi connectivity index (χ0v) is 26.4. The maximum absolute atomic E-state index is 12.6. The highest BCUT2D eigenvalue weighted by molar-refractivity contribution is 7.89. The number of amides is 2. The zero-order chi connectivity index (χ0) is 33.2. The van der Waals surface area contributed by atoms with Gasteiger partial charge < -0.3 is 15.7 Å². The summed E-state index contributed by atoms with van der Waals surface area (Å²) in [5.41, 5.74) is 0.976. The number of hydrogen-bond donors (Lipinski definition) is 3. The lowest BCUT2D eigenvalue weighted by atomic mass is 10.0. The van der Waals surface area contributed by atoms with E-state index in [0.29, 0.717) is 17.0 Å². The number of benzene rings is 2. The van der Waals surface area contributed by atoms with Gasteiger partial charge in [-0.15, -0.1) is 0 Å². The lowest BCUT2D eigenvalue weighted by Gasteiger charge is -2.29. The number of carbonyl (C=O) groups is 2. The third-order valence-electron chi connectivity index (χ3n) is 7.16. The summed E-state index contributed by atoms with van der Waals surface area (Å²) in [7, 11) is -5.06. The molecule has 2 aliphatic heterocycles. The molecule has 0 unspecified atom stereocenters. The smallest absolute Gasteiger partial charge is 0.277 e. The minimum atomic E-state index is -3.91. The van der Waals surface area contributed by atoms with E-state index in [1.165, 1.54) is 38.5 Å². The Labute approximate surface area is 265 Å². The van der Waals surface area contributed by atoms with Gasteiger partial charge in [0.25, 0.3) is 31.9 Å². The Morgan fingerprint density at radius 2 is 1.04 bits per heavy atom. The number of nitrogens with one attached hydrogen (secondary N) is 2. The maximum Gasteiger partial charge on any atom is 0.277 e. The van der Waals surface area contributed by atoms with Crippen LogP contribution in [0.5, 0.6) is 0 Å². The summed E-state index contributed by atoms with van der Waals surface area (Å²) in [6.07, 6.45) is 3.04. The molecule has 0 spiro atoms. The van der Waals surface area contributed by atoms with Crippen molar-refractivity contribution in [2.24, 2.45) is 0 Å². The van der Waals surface area contributed by atoms with Crippen LogP contribution in [0.4, 0.5) is 11.6 Å². The summed E-state index contributed by atoms with van der Waals surface area (Å²) >= 11 is 0. The summed E-state index contributed by atoms with van der Waals surface area (Å²) in [5.74, 6) is -1.06. The van der Waals surface area contributed by atoms with Crippen LogP contribution >= 0.6 is 0 Å². The van der Waals surface area contributed by atoms with Crippen LogP contribution in [0.1, 0.15) is 18.1 Å². The molecule has 3 N–H and O–H groups in total. The van der Waals surface area contributed by atoms with Crippen molar-refractivity contribution in [2.45, 2.75) is 16.7 Å². The van der Waals surface area contributed by atoms with E-state index >= 15 is 0 Å². The molecule has 0 radical (unpaired) electrons. The van der Waals surface area contributed by atoms with Crippen LogP contribution in [0.25, 0.3) is 11.3 Å². The molecule has 2 aromatic heterocycles. The molecule has 0 saturated carbocycles. The third-order valence-corrected chi connectivity index (χ3v) is 10.8. The van der Waals surface area contributed by atoms with Gasteiger partial charge in [0.2, 0.25) is 0 Å². The number of sulfonamides is 2. The van der Waals surface area contributed by atoms with Crippen molar-refractivity contribution in [3.05, 3.63) is 120 Å². The van der Waals surface area contributed by atoms with Crippen LogP contribution in [-0.4, -0.2) is 66.4 Å². The van der Waals surface area contributed by atoms with Crippen LogP contribution in [0.3, 0.4) is 0 Å². The minimum absolute atomic E-state index is 0.0469. The number of anilines is 2. The maximum atomic E-state index is 12.6. The highest BCUT2D eigenvalue weighted by atomic mass is 32.2. The van der Waals surface area contributed by atoms with E-state index in [4.69, 9.17) is 0 Å². The predicted molar refractivity (Wildman–Crippen MR) is 171 cm³/mol. The highest BCUT2D eigenvalue weighted by Crippen LogP contribution is 2.36. The first-order chi connectivity index (χ1) is 21.9. The van der Waals surface area contributed by atoms with E-state index in [1.54, 1.807) is 79.9 Å². The van der Waals surface area contributed by atoms with E-state index in [-0.39, 0.29) is 32.6 Å². The molecule has 4 heterocycles. The number of rotatable bonds is 4. The van der Waals surface area contributed by atoms with Crippen LogP contribution < -0.4 is 10.6 Å². The third kappa shape index (κ3) is 5.80. The summed E-state index contributed by atoms with van der Waals surface area (Å²) in [4.78, 5) is 33.1. The van der Waals surface area contributed by atoms with Crippen molar-refractivity contribution in [3.63, 3.8) is 0 Å². The number of fused-ring (bicyclic) bond motifs is 2. The van der Waals surface area contributed by atoms with Gasteiger partial charge in [-0.3, -0.25) is 18.2 Å². The number of carbonyl (C=O) groups excluding carboxylic acids is 2. The van der Waals surface area contributed by atoms with Crippen molar-refractivity contribution in [3.8, 4) is 0 Å². The first-order valence-corrected chi connectivity index (χ1v) is 16.5. The number of aliphatic hydroxyl groups excluding tert-OH is 1. The summed E-state index contributed by atoms with van der Waals surface area (Å²) < 4.78 is 52.0. The molecule has 6 rings (SSSR count). The van der Waals surface area contributed by atoms with Crippen LogP contribution in [0, 0.1) is 0 Å². The molecule has 0 aliphatic carbocycles. The molecule has 0 bridgehead atoms. The molecule has 2 aromatic carbocycles. The molecular formula is C31H28N6O7S2. The van der Waals surface area contributed by atoms with E-state index in [0.717, 1.165) is 8.61 Å². The predicted octanol–water partition coefficient (Wildman–Crippen LogP) is 3.67. The fraction of sp³-hybridized carbons (Fsp3) is 0.0968. The van der Waals surface area contributed by atoms with Gasteiger partial charge in [-0.25, -0.2) is 26.8 Å². The Balaban J connectivity index is 0.000000181. The Hall–Kier alpha value is -5.54. The van der Waals surface area contributed by atoms with Crippen molar-refractivity contribution in [1.82, 2.24) is 18.6 Å². The molecule has 4 aromatic rings. The van der Waals surface area contributed by atoms with Gasteiger partial charge in [-0.2, -0.15) is 0 Å². The number of hydrogen-bond acceptors (Lipinski definition) is 9. The molecule has 0 fully saturated rings. The largest absolute Gasteiger partial charge is 0.505 e. The lowest BCUT2D eigenvalue weighted by Crippen LogP contribution is -2.37. The Bertz CT molecular complexity index is 1970. The molecule has 46 heavy (non-hydrogen) atoms. The standard InChI is InChI=1S/C16H15N3O3S.C15H13N3O4S/c1-11-12-7-3-4-8-13(12)23(21,22)19(2)15(11)16(20)18-14-9-5-6-10-17-14;1-18-13(15(20)17-12-8-4-5-9-16-12)14(19)10-6-2-3-7-11(10)23(18,21)22/h3-10H,1-2H3,(H,17,18,20);2-9,19H,1H3,(H,16,17,20). The van der Waals surface area contributed by atoms with Gasteiger partial charge in [0.1, 0.15) is 17.3 Å². The first kappa shape index (κ1) is 31.9. The quantitative estimate of drug-likeness (QED) is 0.295. The first-order valence-electron chi connectivity index (χ1n) is 13.6. The molecule has 2 aliphatic rings. The Kier molecular flexibility index (Phi) is 8.63. The number of aromatic nitrogens is 2.